The van der Waals surface area contributed by atoms with Crippen LogP contribution in [-0.4, -0.2) is 30.1 Å². The lowest BCUT2D eigenvalue weighted by Gasteiger charge is -1.57. The van der Waals surface area contributed by atoms with Crippen LogP contribution in [0.4, 0.5) is 0 Å². The molecule has 0 saturated carbocycles. The summed E-state index contributed by atoms with van der Waals surface area (Å²) >= 11 is 0. The van der Waals surface area contributed by atoms with Gasteiger partial charge >= 0.3 is 0 Å². The van der Waals surface area contributed by atoms with Crippen molar-refractivity contribution in [3.8, 4) is 0 Å². The molecule has 0 fully saturated rings. The summed E-state index contributed by atoms with van der Waals surface area (Å²) in [5.41, 5.74) is 0. The van der Waals surface area contributed by atoms with Crippen LogP contribution in [0.2, 0.25) is 0 Å². The molecule has 0 aliphatic rings. The van der Waals surface area contributed by atoms with Crippen molar-refractivity contribution in [3.05, 3.63) is 0 Å². The third-order valence-electron chi connectivity index (χ3n) is 0.166. The molecular formula is C7H14O4. The summed E-state index contributed by atoms with van der Waals surface area (Å²) in [6.07, 6.45) is 0.278. The van der Waals surface area contributed by atoms with Crippen molar-refractivity contribution >= 4 is 17.9 Å². The van der Waals surface area contributed by atoms with Gasteiger partial charge in [-0.05, 0) is 13.8 Å². The lowest BCUT2D eigenvalue weighted by Crippen LogP contribution is -1.85. The molecule has 0 aromatic rings. The SMILES string of the molecule is CC(=O)C=O.CC(C)=O.CO. The number of hydrogen-bond acceptors (Lipinski definition) is 4. The fraction of sp³-hybridized carbons (Fsp3) is 0.571. The van der Waals surface area contributed by atoms with Gasteiger partial charge in [-0.25, -0.2) is 0 Å². The van der Waals surface area contributed by atoms with Crippen molar-refractivity contribution in [2.24, 2.45) is 0 Å². The average molecular weight is 162 g/mol. The van der Waals surface area contributed by atoms with Gasteiger partial charge in [-0.2, -0.15) is 0 Å². The van der Waals surface area contributed by atoms with E-state index in [0.717, 1.165) is 7.11 Å². The van der Waals surface area contributed by atoms with Gasteiger partial charge in [-0.15, -0.1) is 0 Å². The molecule has 0 heterocycles. The van der Waals surface area contributed by atoms with E-state index in [0.29, 0.717) is 0 Å². The van der Waals surface area contributed by atoms with Gasteiger partial charge in [0, 0.05) is 14.0 Å². The zero-order valence-corrected chi connectivity index (χ0v) is 7.25. The minimum absolute atomic E-state index is 0.167. The minimum Gasteiger partial charge on any atom is -0.400 e. The molecule has 0 rings (SSSR count). The molecule has 0 amide bonds. The number of Topliss-reactive ketones (excluding diaryl/α,β-unsaturated/α-hetero) is 2. The van der Waals surface area contributed by atoms with Crippen LogP contribution in [0.1, 0.15) is 20.8 Å². The number of carbonyl (C=O) groups excluding carboxylic acids is 3. The summed E-state index contributed by atoms with van der Waals surface area (Å²) in [4.78, 5) is 28.0. The van der Waals surface area contributed by atoms with Crippen LogP contribution >= 0.6 is 0 Å². The second kappa shape index (κ2) is 16.0. The second-order valence-electron chi connectivity index (χ2n) is 1.64. The highest BCUT2D eigenvalue weighted by Crippen LogP contribution is 1.50. The maximum absolute atomic E-state index is 9.44. The van der Waals surface area contributed by atoms with E-state index in [1.54, 1.807) is 0 Å². The molecule has 0 aliphatic carbocycles. The number of aldehydes is 1. The highest BCUT2D eigenvalue weighted by atomic mass is 16.2. The van der Waals surface area contributed by atoms with Crippen molar-refractivity contribution < 1.29 is 19.5 Å². The fourth-order valence-corrected chi connectivity index (χ4v) is 0. The van der Waals surface area contributed by atoms with Gasteiger partial charge in [-0.3, -0.25) is 9.59 Å². The van der Waals surface area contributed by atoms with Crippen molar-refractivity contribution in [2.45, 2.75) is 20.8 Å². The number of aliphatic hydroxyl groups is 1. The molecule has 0 spiro atoms. The van der Waals surface area contributed by atoms with Crippen LogP contribution < -0.4 is 0 Å². The summed E-state index contributed by atoms with van der Waals surface area (Å²) in [7, 11) is 1.00. The van der Waals surface area contributed by atoms with E-state index in [1.165, 1.54) is 20.8 Å². The average Bonchev–Trinajstić information content (AvgIpc) is 1.91. The van der Waals surface area contributed by atoms with Crippen molar-refractivity contribution in [3.63, 3.8) is 0 Å². The summed E-state index contributed by atoms with van der Waals surface area (Å²) in [6, 6.07) is 0. The normalized spacial score (nSPS) is 5.91. The Morgan fingerprint density at radius 1 is 1.09 bits per heavy atom. The van der Waals surface area contributed by atoms with Gasteiger partial charge in [0.25, 0.3) is 0 Å². The van der Waals surface area contributed by atoms with Gasteiger partial charge in [0.1, 0.15) is 5.78 Å². The first kappa shape index (κ1) is 16.5. The summed E-state index contributed by atoms with van der Waals surface area (Å²) < 4.78 is 0. The van der Waals surface area contributed by atoms with Crippen LogP contribution in [-0.2, 0) is 14.4 Å². The number of ketones is 2. The fourth-order valence-electron chi connectivity index (χ4n) is 0. The highest BCUT2D eigenvalue weighted by molar-refractivity contribution is 6.23. The van der Waals surface area contributed by atoms with Crippen molar-refractivity contribution in [1.82, 2.24) is 0 Å². The molecule has 0 saturated heterocycles. The summed E-state index contributed by atoms with van der Waals surface area (Å²) in [5, 5.41) is 7.00. The molecule has 1 N–H and O–H groups in total. The Kier molecular flexibility index (Phi) is 24.0. The van der Waals surface area contributed by atoms with Gasteiger partial charge in [0.2, 0.25) is 0 Å². The molecule has 0 atom stereocenters. The third kappa shape index (κ3) is 463. The molecule has 0 aromatic heterocycles. The van der Waals surface area contributed by atoms with Crippen molar-refractivity contribution in [2.75, 3.05) is 7.11 Å². The number of rotatable bonds is 1. The second-order valence-corrected chi connectivity index (χ2v) is 1.64. The predicted octanol–water partition coefficient (Wildman–Crippen LogP) is -0.0219. The number of hydrogen-bond donors (Lipinski definition) is 1. The zero-order chi connectivity index (χ0) is 9.86. The lowest BCUT2D eigenvalue weighted by atomic mass is 10.5. The molecule has 0 aromatic carbocycles. The topological polar surface area (TPSA) is 71.4 Å². The Morgan fingerprint density at radius 2 is 1.18 bits per heavy atom. The van der Waals surface area contributed by atoms with Crippen molar-refractivity contribution in [1.29, 1.82) is 0 Å². The Hall–Kier alpha value is -1.03. The monoisotopic (exact) mass is 162 g/mol. The first-order chi connectivity index (χ1) is 5.00. The molecule has 66 valence electrons. The smallest absolute Gasteiger partial charge is 0.192 e. The van der Waals surface area contributed by atoms with E-state index < -0.39 is 5.78 Å². The predicted molar refractivity (Wildman–Crippen MR) is 41.2 cm³/mol. The largest absolute Gasteiger partial charge is 0.400 e. The molecule has 11 heavy (non-hydrogen) atoms. The first-order valence-corrected chi connectivity index (χ1v) is 2.88. The standard InChI is InChI=1S/C3H4O2.C3H6O.CH4O/c1-3(5)2-4;1-3(2)4;1-2/h2H,1H3;1-2H3;2H,1H3. The molecule has 0 radical (unpaired) electrons. The minimum atomic E-state index is -0.426. The van der Waals surface area contributed by atoms with E-state index in [-0.39, 0.29) is 12.1 Å². The molecular weight excluding hydrogens is 148 g/mol. The molecule has 4 heteroatoms. The molecule has 0 aliphatic heterocycles. The quantitative estimate of drug-likeness (QED) is 0.434. The first-order valence-electron chi connectivity index (χ1n) is 2.88. The van der Waals surface area contributed by atoms with E-state index >= 15 is 0 Å². The summed E-state index contributed by atoms with van der Waals surface area (Å²) in [5.74, 6) is -0.259. The highest BCUT2D eigenvalue weighted by Gasteiger charge is 1.76. The lowest BCUT2D eigenvalue weighted by molar-refractivity contribution is -0.128. The third-order valence-corrected chi connectivity index (χ3v) is 0.166. The number of carbonyl (C=O) groups is 3. The molecule has 4 nitrogen and oxygen atoms in total. The van der Waals surface area contributed by atoms with E-state index in [9.17, 15) is 9.59 Å². The van der Waals surface area contributed by atoms with Gasteiger partial charge in [0.05, 0.1) is 0 Å². The Balaban J connectivity index is -0.0000000965. The van der Waals surface area contributed by atoms with E-state index in [4.69, 9.17) is 9.90 Å². The van der Waals surface area contributed by atoms with Crippen LogP contribution in [0.5, 0.6) is 0 Å². The van der Waals surface area contributed by atoms with Crippen LogP contribution in [0.25, 0.3) is 0 Å². The van der Waals surface area contributed by atoms with Gasteiger partial charge < -0.3 is 9.90 Å². The maximum atomic E-state index is 9.44. The van der Waals surface area contributed by atoms with Crippen LogP contribution in [0.3, 0.4) is 0 Å². The van der Waals surface area contributed by atoms with E-state index in [2.05, 4.69) is 0 Å². The van der Waals surface area contributed by atoms with E-state index in [1.807, 2.05) is 0 Å². The van der Waals surface area contributed by atoms with Gasteiger partial charge in [-0.1, -0.05) is 0 Å². The summed E-state index contributed by atoms with van der Waals surface area (Å²) in [6.45, 7) is 4.27. The van der Waals surface area contributed by atoms with Gasteiger partial charge in [0.15, 0.2) is 12.1 Å². The molecule has 0 bridgehead atoms. The number of aliphatic hydroxyl groups excluding tert-OH is 1. The Labute approximate surface area is 66.2 Å². The Bertz CT molecular complexity index is 114. The van der Waals surface area contributed by atoms with Crippen LogP contribution in [0.15, 0.2) is 0 Å². The van der Waals surface area contributed by atoms with Crippen LogP contribution in [0, 0.1) is 0 Å². The molecule has 0 unspecified atom stereocenters. The maximum Gasteiger partial charge on any atom is 0.192 e. The Morgan fingerprint density at radius 3 is 1.18 bits per heavy atom. The zero-order valence-electron chi connectivity index (χ0n) is 7.25.